The van der Waals surface area contributed by atoms with E-state index in [1.54, 1.807) is 12.4 Å². The van der Waals surface area contributed by atoms with E-state index in [2.05, 4.69) is 0 Å². The van der Waals surface area contributed by atoms with Crippen LogP contribution in [-0.2, 0) is 0 Å². The highest BCUT2D eigenvalue weighted by molar-refractivity contribution is 4.57. The Morgan fingerprint density at radius 2 is 2.14 bits per heavy atom. The van der Waals surface area contributed by atoms with Gasteiger partial charge >= 0.3 is 0 Å². The van der Waals surface area contributed by atoms with E-state index in [1.807, 2.05) is 0 Å². The summed E-state index contributed by atoms with van der Waals surface area (Å²) in [6.07, 6.45) is -1.01. The number of hydrogen-bond acceptors (Lipinski definition) is 4. The van der Waals surface area contributed by atoms with Gasteiger partial charge in [0.05, 0.1) is 0 Å². The number of hydrogen-bond donors (Lipinski definition) is 4. The molecule has 0 rings (SSSR count). The van der Waals surface area contributed by atoms with Crippen molar-refractivity contribution in [3.63, 3.8) is 0 Å². The second kappa shape index (κ2) is 2.92. The summed E-state index contributed by atoms with van der Waals surface area (Å²) < 4.78 is 0. The molecule has 0 amide bonds. The summed E-state index contributed by atoms with van der Waals surface area (Å²) in [6, 6.07) is -0.440. The minimum absolute atomic E-state index is 0.440. The molecule has 0 heterocycles. The smallest absolute Gasteiger partial charge is 0.141 e. The van der Waals surface area contributed by atoms with Crippen molar-refractivity contribution in [1.82, 2.24) is 5.48 Å². The van der Waals surface area contributed by atoms with E-state index in [-0.39, 0.29) is 0 Å². The second-order valence-electron chi connectivity index (χ2n) is 1.43. The molecule has 4 nitrogen and oxygen atoms in total. The molecule has 0 aromatic carbocycles. The van der Waals surface area contributed by atoms with Crippen molar-refractivity contribution in [2.45, 2.75) is 19.2 Å². The Morgan fingerprint density at radius 3 is 2.14 bits per heavy atom. The highest BCUT2D eigenvalue weighted by Crippen LogP contribution is 1.78. The largest absolute Gasteiger partial charge is 0.375 e. The van der Waals surface area contributed by atoms with Crippen LogP contribution in [0.5, 0.6) is 0 Å². The van der Waals surface area contributed by atoms with Crippen LogP contribution in [0.2, 0.25) is 0 Å². The minimum atomic E-state index is -1.01. The molecule has 0 fully saturated rings. The molecule has 2 unspecified atom stereocenters. The molecule has 0 aromatic rings. The SMILES string of the molecule is CC(N)C(O)NO. The Bertz CT molecular complexity index is 48.2. The lowest BCUT2D eigenvalue weighted by atomic mass is 10.3. The van der Waals surface area contributed by atoms with Crippen LogP contribution in [-0.4, -0.2) is 22.6 Å². The molecule has 5 N–H and O–H groups in total. The molecule has 0 saturated carbocycles. The van der Waals surface area contributed by atoms with Crippen molar-refractivity contribution in [2.24, 2.45) is 5.73 Å². The van der Waals surface area contributed by atoms with Gasteiger partial charge in [-0.1, -0.05) is 0 Å². The van der Waals surface area contributed by atoms with Gasteiger partial charge in [0.15, 0.2) is 0 Å². The van der Waals surface area contributed by atoms with Gasteiger partial charge in [-0.25, -0.2) is 0 Å². The first kappa shape index (κ1) is 6.84. The van der Waals surface area contributed by atoms with Crippen molar-refractivity contribution in [1.29, 1.82) is 0 Å². The van der Waals surface area contributed by atoms with Crippen LogP contribution in [0.4, 0.5) is 0 Å². The number of nitrogens with one attached hydrogen (secondary N) is 1. The first-order chi connectivity index (χ1) is 3.18. The second-order valence-corrected chi connectivity index (χ2v) is 1.43. The first-order valence-corrected chi connectivity index (χ1v) is 2.01. The van der Waals surface area contributed by atoms with E-state index in [4.69, 9.17) is 16.0 Å². The van der Waals surface area contributed by atoms with Gasteiger partial charge in [-0.15, -0.1) is 0 Å². The molecular formula is C3H10N2O2. The molecule has 2 atom stereocenters. The molecule has 0 aromatic heterocycles. The molecule has 7 heavy (non-hydrogen) atoms. The first-order valence-electron chi connectivity index (χ1n) is 2.01. The minimum Gasteiger partial charge on any atom is -0.375 e. The topological polar surface area (TPSA) is 78.5 Å². The Morgan fingerprint density at radius 1 is 1.71 bits per heavy atom. The third-order valence-electron chi connectivity index (χ3n) is 0.630. The third kappa shape index (κ3) is 2.52. The van der Waals surface area contributed by atoms with Gasteiger partial charge in [0.2, 0.25) is 0 Å². The molecule has 4 heteroatoms. The number of nitrogens with two attached hydrogens (primary N) is 1. The maximum atomic E-state index is 8.45. The van der Waals surface area contributed by atoms with Crippen LogP contribution >= 0.6 is 0 Å². The van der Waals surface area contributed by atoms with E-state index in [1.165, 1.54) is 0 Å². The molecule has 0 aliphatic rings. The third-order valence-corrected chi connectivity index (χ3v) is 0.630. The maximum absolute atomic E-state index is 8.45. The molecule has 0 spiro atoms. The Labute approximate surface area is 41.9 Å². The zero-order valence-electron chi connectivity index (χ0n) is 4.13. The quantitative estimate of drug-likeness (QED) is 0.259. The fraction of sp³-hybridized carbons (Fsp3) is 1.00. The lowest BCUT2D eigenvalue weighted by Gasteiger charge is -2.09. The number of aliphatic hydroxyl groups is 1. The van der Waals surface area contributed by atoms with E-state index >= 15 is 0 Å². The van der Waals surface area contributed by atoms with E-state index in [0.29, 0.717) is 0 Å². The predicted molar refractivity (Wildman–Crippen MR) is 24.6 cm³/mol. The Kier molecular flexibility index (Phi) is 2.86. The summed E-state index contributed by atoms with van der Waals surface area (Å²) in [5, 5.41) is 16.4. The van der Waals surface area contributed by atoms with Gasteiger partial charge in [0.1, 0.15) is 6.23 Å². The van der Waals surface area contributed by atoms with Gasteiger partial charge < -0.3 is 16.0 Å². The van der Waals surface area contributed by atoms with Crippen LogP contribution in [0.15, 0.2) is 0 Å². The van der Waals surface area contributed by atoms with E-state index in [9.17, 15) is 0 Å². The van der Waals surface area contributed by atoms with Crippen LogP contribution in [0.3, 0.4) is 0 Å². The molecule has 0 saturated heterocycles. The number of aliphatic hydroxyl groups excluding tert-OH is 1. The van der Waals surface area contributed by atoms with Crippen molar-refractivity contribution in [3.8, 4) is 0 Å². The molecule has 44 valence electrons. The number of rotatable bonds is 2. The summed E-state index contributed by atoms with van der Waals surface area (Å²) in [7, 11) is 0. The summed E-state index contributed by atoms with van der Waals surface area (Å²) in [6.45, 7) is 1.58. The predicted octanol–water partition coefficient (Wildman–Crippen LogP) is -1.37. The van der Waals surface area contributed by atoms with E-state index < -0.39 is 12.3 Å². The van der Waals surface area contributed by atoms with Crippen molar-refractivity contribution in [3.05, 3.63) is 0 Å². The van der Waals surface area contributed by atoms with Gasteiger partial charge in [-0.05, 0) is 6.92 Å². The summed E-state index contributed by atoms with van der Waals surface area (Å²) in [5.74, 6) is 0. The lowest BCUT2D eigenvalue weighted by Crippen LogP contribution is -2.41. The molecule has 0 aliphatic carbocycles. The fourth-order valence-electron chi connectivity index (χ4n) is 0.118. The average Bonchev–Trinajstić information content (AvgIpc) is 1.65. The lowest BCUT2D eigenvalue weighted by molar-refractivity contribution is -0.00950. The Hall–Kier alpha value is -0.160. The average molecular weight is 106 g/mol. The number of hydroxylamine groups is 1. The standard InChI is InChI=1S/C3H10N2O2/c1-2(4)3(6)5-7/h2-3,5-7H,4H2,1H3. The van der Waals surface area contributed by atoms with Crippen LogP contribution < -0.4 is 11.2 Å². The zero-order valence-corrected chi connectivity index (χ0v) is 4.13. The maximum Gasteiger partial charge on any atom is 0.141 e. The van der Waals surface area contributed by atoms with Crippen LogP contribution in [0.1, 0.15) is 6.92 Å². The molecular weight excluding hydrogens is 96.0 g/mol. The molecule has 0 aliphatic heterocycles. The van der Waals surface area contributed by atoms with Gasteiger partial charge in [-0.3, -0.25) is 0 Å². The monoisotopic (exact) mass is 106 g/mol. The van der Waals surface area contributed by atoms with Crippen molar-refractivity contribution >= 4 is 0 Å². The van der Waals surface area contributed by atoms with Gasteiger partial charge in [0, 0.05) is 6.04 Å². The van der Waals surface area contributed by atoms with Crippen LogP contribution in [0, 0.1) is 0 Å². The summed E-state index contributed by atoms with van der Waals surface area (Å²) in [4.78, 5) is 0. The molecule has 0 bridgehead atoms. The highest BCUT2D eigenvalue weighted by Gasteiger charge is 2.04. The summed E-state index contributed by atoms with van der Waals surface area (Å²) in [5.41, 5.74) is 6.67. The van der Waals surface area contributed by atoms with E-state index in [0.717, 1.165) is 0 Å². The zero-order chi connectivity index (χ0) is 5.86. The fourth-order valence-corrected chi connectivity index (χ4v) is 0.118. The molecule has 0 radical (unpaired) electrons. The van der Waals surface area contributed by atoms with Crippen LogP contribution in [0.25, 0.3) is 0 Å². The normalized spacial score (nSPS) is 18.9. The van der Waals surface area contributed by atoms with Crippen molar-refractivity contribution < 1.29 is 10.3 Å². The highest BCUT2D eigenvalue weighted by atomic mass is 16.5. The Balaban J connectivity index is 3.14. The van der Waals surface area contributed by atoms with Crippen molar-refractivity contribution in [2.75, 3.05) is 0 Å². The van der Waals surface area contributed by atoms with Gasteiger partial charge in [0.25, 0.3) is 0 Å². The van der Waals surface area contributed by atoms with Gasteiger partial charge in [-0.2, -0.15) is 5.48 Å². The summed E-state index contributed by atoms with van der Waals surface area (Å²) >= 11 is 0.